The molecule has 0 heterocycles. The van der Waals surface area contributed by atoms with Crippen LogP contribution in [0, 0.1) is 0 Å². The first kappa shape index (κ1) is 14.2. The van der Waals surface area contributed by atoms with Gasteiger partial charge in [-0.25, -0.2) is 0 Å². The Bertz CT molecular complexity index is 380. The molecule has 0 unspecified atom stereocenters. The van der Waals surface area contributed by atoms with Crippen LogP contribution in [-0.4, -0.2) is 18.8 Å². The minimum atomic E-state index is -1.21. The molecule has 0 spiro atoms. The summed E-state index contributed by atoms with van der Waals surface area (Å²) in [7, 11) is -1.21. The van der Waals surface area contributed by atoms with Gasteiger partial charge in [0, 0.05) is 8.07 Å². The van der Waals surface area contributed by atoms with E-state index in [-0.39, 0.29) is 0 Å². The third-order valence-electron chi connectivity index (χ3n) is 2.65. The van der Waals surface area contributed by atoms with Crippen LogP contribution in [0.15, 0.2) is 35.9 Å². The molecule has 94 valence electrons. The molecule has 17 heavy (non-hydrogen) atoms. The highest BCUT2D eigenvalue weighted by atomic mass is 28.3. The second-order valence-electron chi connectivity index (χ2n) is 6.38. The van der Waals surface area contributed by atoms with E-state index in [1.165, 1.54) is 5.56 Å². The summed E-state index contributed by atoms with van der Waals surface area (Å²) in [5.74, 6) is 0. The Morgan fingerprint density at radius 2 is 1.71 bits per heavy atom. The highest BCUT2D eigenvalue weighted by Gasteiger charge is 2.25. The lowest BCUT2D eigenvalue weighted by atomic mass is 9.97. The van der Waals surface area contributed by atoms with Crippen LogP contribution >= 0.6 is 0 Å². The minimum Gasteiger partial charge on any atom is -0.386 e. The second-order valence-corrected chi connectivity index (χ2v) is 11.9. The molecule has 0 aliphatic heterocycles. The van der Waals surface area contributed by atoms with Gasteiger partial charge in [-0.3, -0.25) is 0 Å². The van der Waals surface area contributed by atoms with Gasteiger partial charge in [0.15, 0.2) is 0 Å². The Balaban J connectivity index is 3.04. The van der Waals surface area contributed by atoms with Gasteiger partial charge in [0.1, 0.15) is 0 Å². The summed E-state index contributed by atoms with van der Waals surface area (Å²) in [5, 5.41) is 10.3. The van der Waals surface area contributed by atoms with Crippen LogP contribution in [-0.2, 0) is 0 Å². The van der Waals surface area contributed by atoms with Gasteiger partial charge in [0.2, 0.25) is 0 Å². The number of aliphatic hydroxyl groups is 1. The Labute approximate surface area is 106 Å². The standard InChI is InChI=1S/C15H24OSi/c1-15(2,16)14(12-17(3,4)5)11-13-9-7-6-8-10-13/h6-11,16H,12H2,1-5H3/b14-11+. The normalized spacial score (nSPS) is 13.9. The van der Waals surface area contributed by atoms with Gasteiger partial charge in [0.05, 0.1) is 5.60 Å². The summed E-state index contributed by atoms with van der Waals surface area (Å²) >= 11 is 0. The molecule has 0 saturated heterocycles. The summed E-state index contributed by atoms with van der Waals surface area (Å²) in [6.45, 7) is 10.7. The van der Waals surface area contributed by atoms with Gasteiger partial charge in [-0.05, 0) is 31.0 Å². The van der Waals surface area contributed by atoms with Gasteiger partial charge in [-0.2, -0.15) is 0 Å². The van der Waals surface area contributed by atoms with Crippen molar-refractivity contribution in [3.05, 3.63) is 41.5 Å². The Kier molecular flexibility index (Phi) is 4.34. The van der Waals surface area contributed by atoms with Crippen molar-refractivity contribution in [1.29, 1.82) is 0 Å². The minimum absolute atomic E-state index is 0.726. The van der Waals surface area contributed by atoms with Crippen LogP contribution in [0.1, 0.15) is 19.4 Å². The van der Waals surface area contributed by atoms with Crippen LogP contribution in [0.4, 0.5) is 0 Å². The molecule has 0 radical (unpaired) electrons. The molecule has 1 aromatic rings. The number of benzene rings is 1. The summed E-state index contributed by atoms with van der Waals surface area (Å²) in [6, 6.07) is 11.3. The van der Waals surface area contributed by atoms with E-state index in [0.29, 0.717) is 0 Å². The molecule has 0 bridgehead atoms. The van der Waals surface area contributed by atoms with Crippen molar-refractivity contribution < 1.29 is 5.11 Å². The van der Waals surface area contributed by atoms with E-state index in [9.17, 15) is 5.11 Å². The van der Waals surface area contributed by atoms with Crippen molar-refractivity contribution in [2.45, 2.75) is 45.1 Å². The Hall–Kier alpha value is -0.863. The van der Waals surface area contributed by atoms with Crippen LogP contribution in [0.25, 0.3) is 6.08 Å². The largest absolute Gasteiger partial charge is 0.386 e. The molecule has 0 aliphatic rings. The van der Waals surface area contributed by atoms with Crippen LogP contribution in [0.3, 0.4) is 0 Å². The maximum absolute atomic E-state index is 10.3. The maximum atomic E-state index is 10.3. The molecule has 1 aromatic carbocycles. The Morgan fingerprint density at radius 1 is 1.18 bits per heavy atom. The molecule has 0 fully saturated rings. The summed E-state index contributed by atoms with van der Waals surface area (Å²) in [5.41, 5.74) is 1.58. The topological polar surface area (TPSA) is 20.2 Å². The second kappa shape index (κ2) is 5.19. The van der Waals surface area contributed by atoms with Crippen LogP contribution < -0.4 is 0 Å². The van der Waals surface area contributed by atoms with E-state index in [2.05, 4.69) is 37.8 Å². The van der Waals surface area contributed by atoms with E-state index in [4.69, 9.17) is 0 Å². The lowest BCUT2D eigenvalue weighted by molar-refractivity contribution is 0.121. The zero-order chi connectivity index (χ0) is 13.1. The third kappa shape index (κ3) is 5.33. The van der Waals surface area contributed by atoms with Gasteiger partial charge in [-0.1, -0.05) is 56.0 Å². The van der Waals surface area contributed by atoms with Crippen molar-refractivity contribution in [3.63, 3.8) is 0 Å². The number of hydrogen-bond acceptors (Lipinski definition) is 1. The first-order chi connectivity index (χ1) is 7.68. The molecular formula is C15H24OSi. The smallest absolute Gasteiger partial charge is 0.0801 e. The predicted octanol–water partition coefficient (Wildman–Crippen LogP) is 4.18. The van der Waals surface area contributed by atoms with Gasteiger partial charge in [-0.15, -0.1) is 0 Å². The monoisotopic (exact) mass is 248 g/mol. The molecule has 0 atom stereocenters. The van der Waals surface area contributed by atoms with Gasteiger partial charge >= 0.3 is 0 Å². The molecule has 1 nitrogen and oxygen atoms in total. The van der Waals surface area contributed by atoms with E-state index >= 15 is 0 Å². The summed E-state index contributed by atoms with van der Waals surface area (Å²) < 4.78 is 0. The zero-order valence-electron chi connectivity index (χ0n) is 11.6. The zero-order valence-corrected chi connectivity index (χ0v) is 12.6. The number of rotatable bonds is 4. The first-order valence-electron chi connectivity index (χ1n) is 6.17. The molecule has 0 amide bonds. The van der Waals surface area contributed by atoms with Crippen molar-refractivity contribution >= 4 is 14.1 Å². The van der Waals surface area contributed by atoms with E-state index in [1.54, 1.807) is 0 Å². The summed E-state index contributed by atoms with van der Waals surface area (Å²) in [6.07, 6.45) is 2.14. The fourth-order valence-electron chi connectivity index (χ4n) is 1.77. The molecule has 2 heteroatoms. The Morgan fingerprint density at radius 3 is 2.12 bits per heavy atom. The van der Waals surface area contributed by atoms with Crippen LogP contribution in [0.2, 0.25) is 25.7 Å². The van der Waals surface area contributed by atoms with E-state index in [1.807, 2.05) is 32.0 Å². The van der Waals surface area contributed by atoms with Crippen LogP contribution in [0.5, 0.6) is 0 Å². The SMILES string of the molecule is CC(C)(O)/C(=C/c1ccccc1)C[Si](C)(C)C. The molecule has 0 saturated carbocycles. The van der Waals surface area contributed by atoms with Crippen molar-refractivity contribution in [2.24, 2.45) is 0 Å². The van der Waals surface area contributed by atoms with Crippen molar-refractivity contribution in [3.8, 4) is 0 Å². The van der Waals surface area contributed by atoms with Gasteiger partial charge in [0.25, 0.3) is 0 Å². The first-order valence-corrected chi connectivity index (χ1v) is 9.88. The van der Waals surface area contributed by atoms with E-state index < -0.39 is 13.7 Å². The molecule has 1 N–H and O–H groups in total. The molecular weight excluding hydrogens is 224 g/mol. The fraction of sp³-hybridized carbons (Fsp3) is 0.467. The van der Waals surface area contributed by atoms with Crippen molar-refractivity contribution in [1.82, 2.24) is 0 Å². The third-order valence-corrected chi connectivity index (χ3v) is 4.09. The lowest BCUT2D eigenvalue weighted by Crippen LogP contribution is -2.29. The van der Waals surface area contributed by atoms with Crippen molar-refractivity contribution in [2.75, 3.05) is 0 Å². The highest BCUT2D eigenvalue weighted by molar-refractivity contribution is 6.76. The maximum Gasteiger partial charge on any atom is 0.0801 e. The highest BCUT2D eigenvalue weighted by Crippen LogP contribution is 2.27. The fourth-order valence-corrected chi connectivity index (χ4v) is 3.44. The van der Waals surface area contributed by atoms with E-state index in [0.717, 1.165) is 11.6 Å². The lowest BCUT2D eigenvalue weighted by Gasteiger charge is -2.27. The average Bonchev–Trinajstić information content (AvgIpc) is 2.15. The van der Waals surface area contributed by atoms with Gasteiger partial charge < -0.3 is 5.11 Å². The predicted molar refractivity (Wildman–Crippen MR) is 78.9 cm³/mol. The number of hydrogen-bond donors (Lipinski definition) is 1. The summed E-state index contributed by atoms with van der Waals surface area (Å²) in [4.78, 5) is 0. The molecule has 1 rings (SSSR count). The molecule has 0 aromatic heterocycles. The average molecular weight is 248 g/mol. The molecule has 0 aliphatic carbocycles. The quantitative estimate of drug-likeness (QED) is 0.793.